The van der Waals surface area contributed by atoms with E-state index < -0.39 is 24.3 Å². The highest BCUT2D eigenvalue weighted by Crippen LogP contribution is 2.27. The van der Waals surface area contributed by atoms with Crippen molar-refractivity contribution < 1.29 is 23.1 Å². The number of nitrogens with zero attached hydrogens (tertiary/aromatic N) is 2. The molecule has 9 heteroatoms. The molecule has 1 aromatic heterocycles. The normalized spacial score (nSPS) is 14.8. The standard InChI is InChI=1S/C15H15F2N3O3.ClH/c16-9-3-8(4-10(17)5-9)14-19-12-6-20(2-1-13(12)23-14)15(22)11(18)7-21;/h3-5,11,21H,1-2,6-7,18H2;1H/t11-;/m1./s1. The molecule has 0 saturated heterocycles. The molecule has 0 fully saturated rings. The van der Waals surface area contributed by atoms with E-state index >= 15 is 0 Å². The van der Waals surface area contributed by atoms with Gasteiger partial charge in [-0.25, -0.2) is 13.8 Å². The topological polar surface area (TPSA) is 92.6 Å². The fourth-order valence-corrected chi connectivity index (χ4v) is 2.50. The lowest BCUT2D eigenvalue weighted by Gasteiger charge is -2.27. The summed E-state index contributed by atoms with van der Waals surface area (Å²) in [5.74, 6) is -1.14. The summed E-state index contributed by atoms with van der Waals surface area (Å²) in [5.41, 5.74) is 6.25. The zero-order valence-electron chi connectivity index (χ0n) is 12.5. The Morgan fingerprint density at radius 2 is 2.04 bits per heavy atom. The Balaban J connectivity index is 0.00000208. The Bertz CT molecular complexity index is 733. The largest absolute Gasteiger partial charge is 0.441 e. The molecule has 3 rings (SSSR count). The molecule has 0 aliphatic carbocycles. The van der Waals surface area contributed by atoms with Crippen LogP contribution in [-0.4, -0.2) is 40.1 Å². The first-order valence-corrected chi connectivity index (χ1v) is 7.08. The number of oxazole rings is 1. The number of hydrogen-bond acceptors (Lipinski definition) is 5. The number of aliphatic hydroxyl groups is 1. The molecule has 2 heterocycles. The van der Waals surface area contributed by atoms with E-state index in [0.717, 1.165) is 18.2 Å². The molecule has 24 heavy (non-hydrogen) atoms. The summed E-state index contributed by atoms with van der Waals surface area (Å²) in [5, 5.41) is 8.96. The second-order valence-corrected chi connectivity index (χ2v) is 5.35. The highest BCUT2D eigenvalue weighted by molar-refractivity contribution is 5.85. The van der Waals surface area contributed by atoms with Crippen LogP contribution in [-0.2, 0) is 17.8 Å². The maximum atomic E-state index is 13.3. The summed E-state index contributed by atoms with van der Waals surface area (Å²) >= 11 is 0. The zero-order valence-corrected chi connectivity index (χ0v) is 13.4. The van der Waals surface area contributed by atoms with E-state index in [1.807, 2.05) is 0 Å². The van der Waals surface area contributed by atoms with Crippen molar-refractivity contribution in [1.82, 2.24) is 9.88 Å². The number of carbonyl (C=O) groups is 1. The van der Waals surface area contributed by atoms with Crippen LogP contribution in [0.1, 0.15) is 11.5 Å². The number of rotatable bonds is 3. The van der Waals surface area contributed by atoms with Gasteiger partial charge in [0.25, 0.3) is 0 Å². The molecular weight excluding hydrogens is 344 g/mol. The summed E-state index contributed by atoms with van der Waals surface area (Å²) in [7, 11) is 0. The number of aliphatic hydroxyl groups excluding tert-OH is 1. The first kappa shape index (κ1) is 18.3. The van der Waals surface area contributed by atoms with Crippen molar-refractivity contribution in [3.8, 4) is 11.5 Å². The van der Waals surface area contributed by atoms with E-state index in [-0.39, 0.29) is 36.3 Å². The molecular formula is C15H16ClF2N3O3. The molecule has 0 radical (unpaired) electrons. The molecule has 0 saturated carbocycles. The Hall–Kier alpha value is -2.03. The van der Waals surface area contributed by atoms with Crippen LogP contribution in [0.15, 0.2) is 22.6 Å². The smallest absolute Gasteiger partial charge is 0.242 e. The zero-order chi connectivity index (χ0) is 16.6. The fourth-order valence-electron chi connectivity index (χ4n) is 2.50. The van der Waals surface area contributed by atoms with Crippen molar-refractivity contribution in [2.24, 2.45) is 5.73 Å². The lowest BCUT2D eigenvalue weighted by molar-refractivity contribution is -0.134. The van der Waals surface area contributed by atoms with Gasteiger partial charge in [0.15, 0.2) is 0 Å². The number of fused-ring (bicyclic) bond motifs is 1. The van der Waals surface area contributed by atoms with Gasteiger partial charge in [-0.1, -0.05) is 0 Å². The fraction of sp³-hybridized carbons (Fsp3) is 0.333. The van der Waals surface area contributed by atoms with E-state index in [1.165, 1.54) is 4.90 Å². The minimum absolute atomic E-state index is 0. The quantitative estimate of drug-likeness (QED) is 0.860. The van der Waals surface area contributed by atoms with Crippen LogP contribution in [0, 0.1) is 11.6 Å². The number of halogens is 3. The minimum Gasteiger partial charge on any atom is -0.441 e. The molecule has 3 N–H and O–H groups in total. The number of benzene rings is 1. The van der Waals surface area contributed by atoms with Crippen molar-refractivity contribution in [2.45, 2.75) is 19.0 Å². The maximum Gasteiger partial charge on any atom is 0.242 e. The highest BCUT2D eigenvalue weighted by atomic mass is 35.5. The number of amides is 1. The number of carbonyl (C=O) groups excluding carboxylic acids is 1. The predicted octanol–water partition coefficient (Wildman–Crippen LogP) is 1.25. The first-order chi connectivity index (χ1) is 11.0. The van der Waals surface area contributed by atoms with Gasteiger partial charge >= 0.3 is 0 Å². The summed E-state index contributed by atoms with van der Waals surface area (Å²) < 4.78 is 32.1. The van der Waals surface area contributed by atoms with Gasteiger partial charge in [0.2, 0.25) is 11.8 Å². The monoisotopic (exact) mass is 359 g/mol. The van der Waals surface area contributed by atoms with Gasteiger partial charge in [0.1, 0.15) is 29.1 Å². The molecule has 2 aromatic rings. The van der Waals surface area contributed by atoms with Gasteiger partial charge in [0.05, 0.1) is 13.2 Å². The van der Waals surface area contributed by atoms with Crippen LogP contribution in [0.3, 0.4) is 0 Å². The lowest BCUT2D eigenvalue weighted by Crippen LogP contribution is -2.47. The average Bonchev–Trinajstić information content (AvgIpc) is 2.95. The number of hydrogen-bond donors (Lipinski definition) is 2. The molecule has 1 atom stereocenters. The molecule has 1 aliphatic heterocycles. The Labute approximate surface area is 142 Å². The molecule has 130 valence electrons. The summed E-state index contributed by atoms with van der Waals surface area (Å²) in [6.07, 6.45) is 0.421. The Kier molecular flexibility index (Phi) is 5.53. The summed E-state index contributed by atoms with van der Waals surface area (Å²) in [4.78, 5) is 17.7. The predicted molar refractivity (Wildman–Crippen MR) is 83.3 cm³/mol. The maximum absolute atomic E-state index is 13.3. The van der Waals surface area contributed by atoms with Crippen molar-refractivity contribution in [3.63, 3.8) is 0 Å². The number of nitrogens with two attached hydrogens (primary N) is 1. The van der Waals surface area contributed by atoms with Crippen molar-refractivity contribution in [2.75, 3.05) is 13.2 Å². The third kappa shape index (κ3) is 3.55. The van der Waals surface area contributed by atoms with Crippen LogP contribution in [0.5, 0.6) is 0 Å². The first-order valence-electron chi connectivity index (χ1n) is 7.08. The molecule has 1 aromatic carbocycles. The second-order valence-electron chi connectivity index (χ2n) is 5.35. The van der Waals surface area contributed by atoms with E-state index in [2.05, 4.69) is 4.98 Å². The van der Waals surface area contributed by atoms with Crippen LogP contribution >= 0.6 is 12.4 Å². The van der Waals surface area contributed by atoms with E-state index in [1.54, 1.807) is 0 Å². The number of aromatic nitrogens is 1. The molecule has 6 nitrogen and oxygen atoms in total. The van der Waals surface area contributed by atoms with Crippen molar-refractivity contribution >= 4 is 18.3 Å². The van der Waals surface area contributed by atoms with Gasteiger partial charge in [-0.3, -0.25) is 4.79 Å². The summed E-state index contributed by atoms with van der Waals surface area (Å²) in [6, 6.07) is 2.05. The van der Waals surface area contributed by atoms with E-state index in [9.17, 15) is 13.6 Å². The average molecular weight is 360 g/mol. The van der Waals surface area contributed by atoms with Crippen molar-refractivity contribution in [3.05, 3.63) is 41.3 Å². The molecule has 0 bridgehead atoms. The molecule has 1 amide bonds. The summed E-state index contributed by atoms with van der Waals surface area (Å²) in [6.45, 7) is 0.129. The van der Waals surface area contributed by atoms with Gasteiger partial charge < -0.3 is 20.2 Å². The van der Waals surface area contributed by atoms with Crippen LogP contribution in [0.25, 0.3) is 11.5 Å². The van der Waals surface area contributed by atoms with Crippen LogP contribution in [0.2, 0.25) is 0 Å². The third-order valence-corrected chi connectivity index (χ3v) is 3.66. The Morgan fingerprint density at radius 1 is 1.38 bits per heavy atom. The van der Waals surface area contributed by atoms with Gasteiger partial charge in [0, 0.05) is 24.6 Å². The second kappa shape index (κ2) is 7.25. The molecule has 1 aliphatic rings. The van der Waals surface area contributed by atoms with Gasteiger partial charge in [-0.15, -0.1) is 12.4 Å². The Morgan fingerprint density at radius 3 is 2.67 bits per heavy atom. The highest BCUT2D eigenvalue weighted by Gasteiger charge is 2.28. The minimum atomic E-state index is -0.972. The van der Waals surface area contributed by atoms with Gasteiger partial charge in [-0.2, -0.15) is 0 Å². The van der Waals surface area contributed by atoms with Gasteiger partial charge in [-0.05, 0) is 12.1 Å². The third-order valence-electron chi connectivity index (χ3n) is 3.66. The molecule has 0 unspecified atom stereocenters. The SMILES string of the molecule is Cl.N[C@H](CO)C(=O)N1CCc2oc(-c3cc(F)cc(F)c3)nc2C1. The van der Waals surface area contributed by atoms with Crippen LogP contribution in [0.4, 0.5) is 8.78 Å². The molecule has 0 spiro atoms. The van der Waals surface area contributed by atoms with Crippen molar-refractivity contribution in [1.29, 1.82) is 0 Å². The van der Waals surface area contributed by atoms with E-state index in [4.69, 9.17) is 15.3 Å². The lowest BCUT2D eigenvalue weighted by atomic mass is 10.1. The van der Waals surface area contributed by atoms with E-state index in [0.29, 0.717) is 24.4 Å². The van der Waals surface area contributed by atoms with Crippen LogP contribution < -0.4 is 5.73 Å².